The fraction of sp³-hybridized carbons (Fsp3) is 0.750. The highest BCUT2D eigenvalue weighted by molar-refractivity contribution is 4.95. The maximum absolute atomic E-state index is 8.52. The summed E-state index contributed by atoms with van der Waals surface area (Å²) in [6, 6.07) is 0. The van der Waals surface area contributed by atoms with Crippen molar-refractivity contribution in [2.45, 2.75) is 27.2 Å². The Morgan fingerprint density at radius 3 is 2.44 bits per heavy atom. The molecule has 1 N–H and O–H groups in total. The minimum Gasteiger partial charge on any atom is -0.396 e. The molecular weight excluding hydrogens is 112 g/mol. The third-order valence-corrected chi connectivity index (χ3v) is 1.20. The topological polar surface area (TPSA) is 20.2 Å². The summed E-state index contributed by atoms with van der Waals surface area (Å²) in [5.74, 6) is 0.528. The van der Waals surface area contributed by atoms with Crippen molar-refractivity contribution in [3.05, 3.63) is 11.6 Å². The van der Waals surface area contributed by atoms with Gasteiger partial charge in [0.1, 0.15) is 0 Å². The summed E-state index contributed by atoms with van der Waals surface area (Å²) < 4.78 is 0. The third kappa shape index (κ3) is 5.57. The lowest BCUT2D eigenvalue weighted by atomic mass is 10.1. The molecule has 9 heavy (non-hydrogen) atoms. The van der Waals surface area contributed by atoms with Gasteiger partial charge in [-0.1, -0.05) is 18.6 Å². The Bertz CT molecular complexity index is 90.7. The molecule has 0 aliphatic heterocycles. The van der Waals surface area contributed by atoms with E-state index in [1.54, 1.807) is 0 Å². The molecule has 0 fully saturated rings. The molecule has 0 saturated carbocycles. The second kappa shape index (κ2) is 4.57. The zero-order chi connectivity index (χ0) is 7.28. The number of allylic oxidation sites excluding steroid dienone is 2. The Morgan fingerprint density at radius 2 is 2.11 bits per heavy atom. The van der Waals surface area contributed by atoms with Crippen LogP contribution < -0.4 is 0 Å². The van der Waals surface area contributed by atoms with Crippen LogP contribution in [0.2, 0.25) is 0 Å². The van der Waals surface area contributed by atoms with Gasteiger partial charge in [-0.3, -0.25) is 0 Å². The number of hydrogen-bond acceptors (Lipinski definition) is 1. The van der Waals surface area contributed by atoms with Gasteiger partial charge in [-0.25, -0.2) is 0 Å². The Balaban J connectivity index is 3.49. The fourth-order valence-corrected chi connectivity index (χ4v) is 0.856. The van der Waals surface area contributed by atoms with E-state index in [0.29, 0.717) is 12.5 Å². The smallest absolute Gasteiger partial charge is 0.0436 e. The van der Waals surface area contributed by atoms with Crippen LogP contribution in [0.1, 0.15) is 27.2 Å². The average molecular weight is 128 g/mol. The molecule has 0 amide bonds. The minimum absolute atomic E-state index is 0.297. The number of aliphatic hydroxyl groups excluding tert-OH is 1. The fourth-order valence-electron chi connectivity index (χ4n) is 0.856. The Kier molecular flexibility index (Phi) is 4.41. The summed E-state index contributed by atoms with van der Waals surface area (Å²) in [6.07, 6.45) is 3.06. The zero-order valence-corrected chi connectivity index (χ0v) is 6.52. The van der Waals surface area contributed by atoms with Crippen molar-refractivity contribution in [1.82, 2.24) is 0 Å². The van der Waals surface area contributed by atoms with Crippen LogP contribution in [0.15, 0.2) is 11.6 Å². The molecule has 0 aromatic heterocycles. The van der Waals surface area contributed by atoms with Gasteiger partial charge in [0.25, 0.3) is 0 Å². The van der Waals surface area contributed by atoms with E-state index >= 15 is 0 Å². The maximum atomic E-state index is 8.52. The highest BCUT2D eigenvalue weighted by atomic mass is 16.2. The van der Waals surface area contributed by atoms with Gasteiger partial charge in [-0.2, -0.15) is 0 Å². The van der Waals surface area contributed by atoms with E-state index in [9.17, 15) is 0 Å². The summed E-state index contributed by atoms with van der Waals surface area (Å²) in [6.45, 7) is 6.57. The van der Waals surface area contributed by atoms with E-state index < -0.39 is 0 Å². The van der Waals surface area contributed by atoms with Gasteiger partial charge < -0.3 is 5.11 Å². The van der Waals surface area contributed by atoms with Crippen molar-refractivity contribution in [2.24, 2.45) is 5.92 Å². The summed E-state index contributed by atoms with van der Waals surface area (Å²) in [5, 5.41) is 8.52. The van der Waals surface area contributed by atoms with E-state index in [4.69, 9.17) is 5.11 Å². The first kappa shape index (κ1) is 8.70. The first-order valence-electron chi connectivity index (χ1n) is 3.42. The standard InChI is InChI=1S/C8H16O/c1-7(2)6-8(3)4-5-9/h6,8-9H,4-5H2,1-3H3. The highest BCUT2D eigenvalue weighted by Gasteiger charge is 1.93. The van der Waals surface area contributed by atoms with Crippen LogP contribution >= 0.6 is 0 Å². The predicted molar refractivity (Wildman–Crippen MR) is 40.3 cm³/mol. The molecule has 54 valence electrons. The van der Waals surface area contributed by atoms with Crippen molar-refractivity contribution in [2.75, 3.05) is 6.61 Å². The highest BCUT2D eigenvalue weighted by Crippen LogP contribution is 2.05. The molecule has 1 atom stereocenters. The second-order valence-electron chi connectivity index (χ2n) is 2.73. The second-order valence-corrected chi connectivity index (χ2v) is 2.73. The van der Waals surface area contributed by atoms with Crippen molar-refractivity contribution in [1.29, 1.82) is 0 Å². The Hall–Kier alpha value is -0.300. The first-order chi connectivity index (χ1) is 4.16. The summed E-state index contributed by atoms with van der Waals surface area (Å²) in [7, 11) is 0. The lowest BCUT2D eigenvalue weighted by molar-refractivity contribution is 0.274. The van der Waals surface area contributed by atoms with Gasteiger partial charge in [0, 0.05) is 6.61 Å². The van der Waals surface area contributed by atoms with Crippen LogP contribution in [0.4, 0.5) is 0 Å². The largest absolute Gasteiger partial charge is 0.396 e. The average Bonchev–Trinajstić information content (AvgIpc) is 1.63. The SMILES string of the molecule is CC(C)=CC(C)CCO. The summed E-state index contributed by atoms with van der Waals surface area (Å²) in [5.41, 5.74) is 1.33. The molecule has 1 nitrogen and oxygen atoms in total. The normalized spacial score (nSPS) is 12.9. The van der Waals surface area contributed by atoms with Gasteiger partial charge in [0.15, 0.2) is 0 Å². The van der Waals surface area contributed by atoms with Crippen molar-refractivity contribution < 1.29 is 5.11 Å². The van der Waals surface area contributed by atoms with E-state index in [1.165, 1.54) is 5.57 Å². The lowest BCUT2D eigenvalue weighted by Crippen LogP contribution is -1.93. The van der Waals surface area contributed by atoms with E-state index in [1.807, 2.05) is 0 Å². The molecule has 0 aliphatic carbocycles. The van der Waals surface area contributed by atoms with Crippen LogP contribution in [0, 0.1) is 5.92 Å². The zero-order valence-electron chi connectivity index (χ0n) is 6.52. The molecule has 0 aromatic rings. The molecule has 0 heterocycles. The van der Waals surface area contributed by atoms with Crippen LogP contribution in [0.3, 0.4) is 0 Å². The molecule has 1 unspecified atom stereocenters. The van der Waals surface area contributed by atoms with Crippen LogP contribution in [0.5, 0.6) is 0 Å². The Morgan fingerprint density at radius 1 is 1.56 bits per heavy atom. The Labute approximate surface area is 57.4 Å². The van der Waals surface area contributed by atoms with Crippen molar-refractivity contribution in [3.63, 3.8) is 0 Å². The lowest BCUT2D eigenvalue weighted by Gasteiger charge is -2.02. The molecule has 0 saturated heterocycles. The van der Waals surface area contributed by atoms with Crippen molar-refractivity contribution in [3.8, 4) is 0 Å². The quantitative estimate of drug-likeness (QED) is 0.576. The monoisotopic (exact) mass is 128 g/mol. The van der Waals surface area contributed by atoms with Crippen molar-refractivity contribution >= 4 is 0 Å². The molecular formula is C8H16O. The molecule has 0 aliphatic rings. The minimum atomic E-state index is 0.297. The van der Waals surface area contributed by atoms with Crippen LogP contribution in [-0.4, -0.2) is 11.7 Å². The predicted octanol–water partition coefficient (Wildman–Crippen LogP) is 1.97. The van der Waals surface area contributed by atoms with E-state index in [0.717, 1.165) is 6.42 Å². The molecule has 0 rings (SSSR count). The first-order valence-corrected chi connectivity index (χ1v) is 3.42. The van der Waals surface area contributed by atoms with Gasteiger partial charge in [0.05, 0.1) is 0 Å². The molecule has 1 heteroatoms. The molecule has 0 radical (unpaired) electrons. The maximum Gasteiger partial charge on any atom is 0.0436 e. The van der Waals surface area contributed by atoms with Gasteiger partial charge in [-0.05, 0) is 26.2 Å². The number of aliphatic hydroxyl groups is 1. The van der Waals surface area contributed by atoms with E-state index in [2.05, 4.69) is 26.8 Å². The van der Waals surface area contributed by atoms with Crippen LogP contribution in [-0.2, 0) is 0 Å². The summed E-state index contributed by atoms with van der Waals surface area (Å²) in [4.78, 5) is 0. The van der Waals surface area contributed by atoms with Gasteiger partial charge in [0.2, 0.25) is 0 Å². The van der Waals surface area contributed by atoms with Gasteiger partial charge in [-0.15, -0.1) is 0 Å². The number of rotatable bonds is 3. The summed E-state index contributed by atoms with van der Waals surface area (Å²) >= 11 is 0. The molecule has 0 aromatic carbocycles. The van der Waals surface area contributed by atoms with Crippen LogP contribution in [0.25, 0.3) is 0 Å². The number of hydrogen-bond donors (Lipinski definition) is 1. The third-order valence-electron chi connectivity index (χ3n) is 1.20. The van der Waals surface area contributed by atoms with Gasteiger partial charge >= 0.3 is 0 Å². The molecule has 0 bridgehead atoms. The van der Waals surface area contributed by atoms with E-state index in [-0.39, 0.29) is 0 Å². The molecule has 0 spiro atoms.